The normalized spacial score (nSPS) is 10.5. The molecule has 0 aromatic heterocycles. The number of aliphatic hydroxyl groups excluding tert-OH is 1. The quantitative estimate of drug-likeness (QED) is 0.321. The molecule has 92 valence electrons. The van der Waals surface area contributed by atoms with Gasteiger partial charge in [-0.2, -0.15) is 0 Å². The Labute approximate surface area is 150 Å². The van der Waals surface area contributed by atoms with Crippen LogP contribution in [0, 0.1) is 0 Å². The maximum absolute atomic E-state index is 10.1. The van der Waals surface area contributed by atoms with Crippen molar-refractivity contribution in [1.82, 2.24) is 5.32 Å². The molecule has 0 atom stereocenters. The van der Waals surface area contributed by atoms with Gasteiger partial charge in [-0.3, -0.25) is 4.79 Å². The number of rotatable bonds is 1. The van der Waals surface area contributed by atoms with Gasteiger partial charge in [-0.1, -0.05) is 0 Å². The summed E-state index contributed by atoms with van der Waals surface area (Å²) in [6, 6.07) is 0. The molecular weight excluding hydrogens is 270 g/mol. The van der Waals surface area contributed by atoms with E-state index < -0.39 is 12.3 Å². The second kappa shape index (κ2) is 36.0. The van der Waals surface area contributed by atoms with Gasteiger partial charge < -0.3 is 42.4 Å². The van der Waals surface area contributed by atoms with Crippen LogP contribution in [0.5, 0.6) is 0 Å². The van der Waals surface area contributed by atoms with Crippen LogP contribution in [0.15, 0.2) is 0 Å². The number of amides is 1. The molecular formula is C7H16N2Na2O5S. The van der Waals surface area contributed by atoms with Crippen LogP contribution in [0.4, 0.5) is 0 Å². The van der Waals surface area contributed by atoms with Crippen LogP contribution in [0.25, 0.3) is 0 Å². The molecule has 0 aromatic carbocycles. The van der Waals surface area contributed by atoms with E-state index in [1.54, 1.807) is 0 Å². The van der Waals surface area contributed by atoms with Gasteiger partial charge in [0.25, 0.3) is 0 Å². The molecule has 7 nitrogen and oxygen atoms in total. The van der Waals surface area contributed by atoms with Crippen molar-refractivity contribution in [3.05, 3.63) is 0 Å². The molecule has 0 radical (unpaired) electrons. The third-order valence-electron chi connectivity index (χ3n) is 1.03. The molecule has 0 aromatic rings. The van der Waals surface area contributed by atoms with E-state index in [2.05, 4.69) is 5.32 Å². The Balaban J connectivity index is -0.0000000394. The zero-order chi connectivity index (χ0) is 12.5. The van der Waals surface area contributed by atoms with E-state index in [1.807, 2.05) is 6.79 Å². The number of carbonyl (C=O) groups is 2. The first-order chi connectivity index (χ1) is 7.22. The van der Waals surface area contributed by atoms with Gasteiger partial charge in [0.2, 0.25) is 5.91 Å². The molecule has 1 amide bonds. The largest absolute Gasteiger partial charge is 1.00 e. The first-order valence-electron chi connectivity index (χ1n) is 4.01. The zero-order valence-electron chi connectivity index (χ0n) is 10.3. The van der Waals surface area contributed by atoms with Crippen LogP contribution in [-0.2, 0) is 9.59 Å². The average Bonchev–Trinajstić information content (AvgIpc) is 2.74. The molecule has 1 fully saturated rings. The Morgan fingerprint density at radius 3 is 1.82 bits per heavy atom. The Morgan fingerprint density at radius 2 is 1.76 bits per heavy atom. The van der Waals surface area contributed by atoms with Crippen molar-refractivity contribution >= 4 is 25.0 Å². The van der Waals surface area contributed by atoms with Crippen LogP contribution in [0.2, 0.25) is 0 Å². The number of nitrogens with one attached hydrogen (secondary N) is 1. The summed E-state index contributed by atoms with van der Waals surface area (Å²) in [7, 11) is 0. The molecule has 10 heteroatoms. The summed E-state index contributed by atoms with van der Waals surface area (Å²) in [6.45, 7) is 3.36. The van der Waals surface area contributed by atoms with Crippen molar-refractivity contribution in [2.75, 3.05) is 19.7 Å². The zero-order valence-corrected chi connectivity index (χ0v) is 15.1. The molecule has 1 saturated heterocycles. The van der Waals surface area contributed by atoms with Crippen molar-refractivity contribution in [2.24, 2.45) is 5.73 Å². The summed E-state index contributed by atoms with van der Waals surface area (Å²) in [4.78, 5) is 18.1. The molecule has 1 heterocycles. The van der Waals surface area contributed by atoms with Crippen molar-refractivity contribution in [2.45, 2.75) is 12.8 Å². The SMILES string of the molecule is C=O.NCCO.O=C1CCCN1.[Na+].[Na+].[O-]S[O-]. The molecule has 1 aliphatic heterocycles. The van der Waals surface area contributed by atoms with Gasteiger partial charge >= 0.3 is 59.1 Å². The third kappa shape index (κ3) is 46.8. The summed E-state index contributed by atoms with van der Waals surface area (Å²) >= 11 is -0.750. The van der Waals surface area contributed by atoms with Gasteiger partial charge in [0.1, 0.15) is 6.79 Å². The Bertz CT molecular complexity index is 127. The number of hydrogen-bond donors (Lipinski definition) is 3. The first-order valence-corrected chi connectivity index (χ1v) is 4.67. The average molecular weight is 286 g/mol. The van der Waals surface area contributed by atoms with Crippen molar-refractivity contribution in [1.29, 1.82) is 0 Å². The molecule has 17 heavy (non-hydrogen) atoms. The summed E-state index contributed by atoms with van der Waals surface area (Å²) in [6.07, 6.45) is 1.76. The number of nitrogens with two attached hydrogens (primary N) is 1. The smallest absolute Gasteiger partial charge is 0.811 e. The summed E-state index contributed by atoms with van der Waals surface area (Å²) in [5.41, 5.74) is 4.78. The molecule has 1 rings (SSSR count). The van der Waals surface area contributed by atoms with Gasteiger partial charge in [-0.25, -0.2) is 0 Å². The fraction of sp³-hybridized carbons (Fsp3) is 0.714. The standard InChI is InChI=1S/C4H7NO.C2H7NO.CH2O.2Na.H2O2S/c6-4-2-1-3-5-4;3-1-2-4;1-2;;;1-3-2/h1-3H2,(H,5,6);4H,1-3H2;1H2;;;1-2H/q;;;2*+1;/p-2. The molecule has 0 spiro atoms. The van der Waals surface area contributed by atoms with Crippen LogP contribution in [0.1, 0.15) is 12.8 Å². The van der Waals surface area contributed by atoms with Gasteiger partial charge in [0.15, 0.2) is 0 Å². The predicted molar refractivity (Wildman–Crippen MR) is 54.7 cm³/mol. The topological polar surface area (TPSA) is 139 Å². The minimum atomic E-state index is -0.750. The van der Waals surface area contributed by atoms with Crippen LogP contribution >= 0.6 is 12.3 Å². The second-order valence-electron chi connectivity index (χ2n) is 2.03. The van der Waals surface area contributed by atoms with Crippen molar-refractivity contribution < 1.29 is 82.9 Å². The Morgan fingerprint density at radius 1 is 1.41 bits per heavy atom. The molecule has 0 saturated carbocycles. The van der Waals surface area contributed by atoms with Gasteiger partial charge in [0.05, 0.1) is 6.61 Å². The van der Waals surface area contributed by atoms with Crippen molar-refractivity contribution in [3.8, 4) is 0 Å². The molecule has 0 unspecified atom stereocenters. The van der Waals surface area contributed by atoms with E-state index in [4.69, 9.17) is 24.7 Å². The van der Waals surface area contributed by atoms with E-state index in [9.17, 15) is 4.79 Å². The Hall–Kier alpha value is 1.33. The monoisotopic (exact) mass is 286 g/mol. The minimum Gasteiger partial charge on any atom is -0.811 e. The number of carbonyl (C=O) groups excluding carboxylic acids is 2. The van der Waals surface area contributed by atoms with E-state index in [1.165, 1.54) is 0 Å². The fourth-order valence-corrected chi connectivity index (χ4v) is 0.565. The molecule has 0 aliphatic carbocycles. The van der Waals surface area contributed by atoms with Gasteiger partial charge in [0, 0.05) is 19.5 Å². The minimum absolute atomic E-state index is 0. The summed E-state index contributed by atoms with van der Waals surface area (Å²) in [5.74, 6) is 0.204. The molecule has 1 aliphatic rings. The van der Waals surface area contributed by atoms with Crippen LogP contribution in [0.3, 0.4) is 0 Å². The van der Waals surface area contributed by atoms with Crippen LogP contribution in [-0.4, -0.2) is 46.6 Å². The predicted octanol–water partition coefficient (Wildman–Crippen LogP) is -7.36. The van der Waals surface area contributed by atoms with Crippen molar-refractivity contribution in [3.63, 3.8) is 0 Å². The maximum atomic E-state index is 10.1. The Kier molecular flexibility index (Phi) is 65.6. The molecule has 0 bridgehead atoms. The summed E-state index contributed by atoms with van der Waals surface area (Å²) in [5, 5.41) is 10.4. The van der Waals surface area contributed by atoms with Gasteiger partial charge in [-0.05, 0) is 6.42 Å². The molecule has 4 N–H and O–H groups in total. The maximum Gasteiger partial charge on any atom is 1.00 e. The van der Waals surface area contributed by atoms with E-state index in [-0.39, 0.29) is 71.6 Å². The van der Waals surface area contributed by atoms with E-state index in [0.29, 0.717) is 6.54 Å². The van der Waals surface area contributed by atoms with Crippen LogP contribution < -0.4 is 70.2 Å². The van der Waals surface area contributed by atoms with E-state index in [0.717, 1.165) is 19.4 Å². The fourth-order valence-electron chi connectivity index (χ4n) is 0.565. The third-order valence-corrected chi connectivity index (χ3v) is 1.03. The second-order valence-corrected chi connectivity index (χ2v) is 2.17. The van der Waals surface area contributed by atoms with E-state index >= 15 is 0 Å². The first kappa shape index (κ1) is 31.0. The number of aliphatic hydroxyl groups is 1. The number of hydrogen-bond acceptors (Lipinski definition) is 7. The summed E-state index contributed by atoms with van der Waals surface area (Å²) < 4.78 is 16.6. The van der Waals surface area contributed by atoms with Gasteiger partial charge in [-0.15, -0.1) is 0 Å².